The molecule has 2 fully saturated rings. The monoisotopic (exact) mass is 495 g/mol. The zero-order valence-corrected chi connectivity index (χ0v) is 20.8. The molecule has 0 aromatic carbocycles. The standard InChI is InChI=1S/C26H35F2NO4S/c1-15-6-8-16(9-7-15)25(30)29(17-10-12-18(33-2)13-11-17)21-14-22(34-24(21)26(31)32)23-19(27)4-3-5-20(23)28/h14-19H,3-13H2,1-2H3,(H,31,32). The highest BCUT2D eigenvalue weighted by Gasteiger charge is 2.38. The van der Waals surface area contributed by atoms with Crippen molar-refractivity contribution in [2.75, 3.05) is 12.0 Å². The number of carbonyl (C=O) groups excluding carboxylic acids is 1. The molecule has 3 aliphatic rings. The van der Waals surface area contributed by atoms with Crippen LogP contribution >= 0.6 is 11.3 Å². The Morgan fingerprint density at radius 1 is 1.09 bits per heavy atom. The van der Waals surface area contributed by atoms with E-state index in [-0.39, 0.29) is 52.1 Å². The Balaban J connectivity index is 1.73. The topological polar surface area (TPSA) is 66.8 Å². The molecule has 3 aliphatic carbocycles. The molecule has 34 heavy (non-hydrogen) atoms. The van der Waals surface area contributed by atoms with Crippen LogP contribution in [0, 0.1) is 11.8 Å². The minimum absolute atomic E-state index is 0.0144. The summed E-state index contributed by atoms with van der Waals surface area (Å²) in [6.45, 7) is 2.19. The normalized spacial score (nSPS) is 30.3. The number of ether oxygens (including phenoxy) is 1. The highest BCUT2D eigenvalue weighted by molar-refractivity contribution is 7.15. The van der Waals surface area contributed by atoms with Gasteiger partial charge in [0.05, 0.1) is 11.8 Å². The van der Waals surface area contributed by atoms with Gasteiger partial charge in [0.2, 0.25) is 5.91 Å². The van der Waals surface area contributed by atoms with E-state index < -0.39 is 18.0 Å². The molecule has 1 amide bonds. The fraction of sp³-hybridized carbons (Fsp3) is 0.692. The van der Waals surface area contributed by atoms with Crippen LogP contribution in [-0.2, 0) is 9.53 Å². The molecule has 1 N–H and O–H groups in total. The number of carboxylic acid groups (broad SMARTS) is 1. The molecule has 5 nitrogen and oxygen atoms in total. The van der Waals surface area contributed by atoms with E-state index in [1.54, 1.807) is 18.1 Å². The maximum atomic E-state index is 14.7. The van der Waals surface area contributed by atoms with Gasteiger partial charge in [-0.1, -0.05) is 6.92 Å². The van der Waals surface area contributed by atoms with Crippen LogP contribution in [0.3, 0.4) is 0 Å². The fourth-order valence-electron chi connectivity index (χ4n) is 5.76. The Morgan fingerprint density at radius 3 is 2.35 bits per heavy atom. The number of alkyl halides is 1. The molecule has 8 heteroatoms. The SMILES string of the molecule is COC1CCC(N(C(=O)C2CCC(C)CC2)c2cc(C3=C(F)CCCC3F)sc2C(=O)O)CC1. The van der Waals surface area contributed by atoms with Crippen LogP contribution in [0.1, 0.15) is 92.1 Å². The van der Waals surface area contributed by atoms with Crippen LogP contribution in [0.25, 0.3) is 5.57 Å². The van der Waals surface area contributed by atoms with Crippen LogP contribution in [0.5, 0.6) is 0 Å². The summed E-state index contributed by atoms with van der Waals surface area (Å²) in [7, 11) is 1.69. The summed E-state index contributed by atoms with van der Waals surface area (Å²) in [4.78, 5) is 28.1. The summed E-state index contributed by atoms with van der Waals surface area (Å²) in [5.41, 5.74) is 0.266. The molecular formula is C26H35F2NO4S. The Bertz CT molecular complexity index is 929. The summed E-state index contributed by atoms with van der Waals surface area (Å²) in [6.07, 6.45) is 6.03. The molecule has 1 heterocycles. The maximum Gasteiger partial charge on any atom is 0.348 e. The quantitative estimate of drug-likeness (QED) is 0.473. The van der Waals surface area contributed by atoms with Crippen molar-refractivity contribution in [3.63, 3.8) is 0 Å². The molecule has 1 aromatic rings. The van der Waals surface area contributed by atoms with Crippen LogP contribution in [0.2, 0.25) is 0 Å². The van der Waals surface area contributed by atoms with Crippen molar-refractivity contribution in [3.8, 4) is 0 Å². The number of allylic oxidation sites excluding steroid dienone is 2. The van der Waals surface area contributed by atoms with Crippen LogP contribution in [0.15, 0.2) is 11.9 Å². The number of rotatable bonds is 6. The summed E-state index contributed by atoms with van der Waals surface area (Å²) in [6, 6.07) is 1.41. The highest BCUT2D eigenvalue weighted by atomic mass is 32.1. The first-order chi connectivity index (χ1) is 16.3. The van der Waals surface area contributed by atoms with E-state index >= 15 is 0 Å². The number of carboxylic acids is 1. The summed E-state index contributed by atoms with van der Waals surface area (Å²) in [5.74, 6) is -1.29. The maximum absolute atomic E-state index is 14.7. The lowest BCUT2D eigenvalue weighted by Crippen LogP contribution is -2.47. The van der Waals surface area contributed by atoms with Crippen molar-refractivity contribution in [3.05, 3.63) is 21.6 Å². The van der Waals surface area contributed by atoms with E-state index in [4.69, 9.17) is 4.74 Å². The van der Waals surface area contributed by atoms with Crippen molar-refractivity contribution in [2.24, 2.45) is 11.8 Å². The molecule has 1 aromatic heterocycles. The van der Waals surface area contributed by atoms with Crippen molar-refractivity contribution in [1.82, 2.24) is 0 Å². The van der Waals surface area contributed by atoms with Gasteiger partial charge < -0.3 is 14.7 Å². The second-order valence-electron chi connectivity index (χ2n) is 10.1. The van der Waals surface area contributed by atoms with Gasteiger partial charge in [0, 0.05) is 29.5 Å². The molecule has 1 unspecified atom stereocenters. The second kappa shape index (κ2) is 10.9. The lowest BCUT2D eigenvalue weighted by molar-refractivity contribution is -0.124. The first kappa shape index (κ1) is 25.3. The number of thiophene rings is 1. The van der Waals surface area contributed by atoms with E-state index in [0.717, 1.165) is 49.9 Å². The second-order valence-corrected chi connectivity index (χ2v) is 11.2. The Hall–Kier alpha value is -1.80. The average Bonchev–Trinajstić information content (AvgIpc) is 3.24. The van der Waals surface area contributed by atoms with E-state index in [1.165, 1.54) is 0 Å². The molecule has 0 bridgehead atoms. The molecule has 0 spiro atoms. The summed E-state index contributed by atoms with van der Waals surface area (Å²) < 4.78 is 34.9. The number of aromatic carboxylic acids is 1. The predicted molar refractivity (Wildman–Crippen MR) is 130 cm³/mol. The van der Waals surface area contributed by atoms with Gasteiger partial charge in [-0.2, -0.15) is 0 Å². The lowest BCUT2D eigenvalue weighted by atomic mass is 9.81. The van der Waals surface area contributed by atoms with E-state index in [9.17, 15) is 23.5 Å². The van der Waals surface area contributed by atoms with Gasteiger partial charge in [0.1, 0.15) is 16.9 Å². The Kier molecular flexibility index (Phi) is 8.08. The predicted octanol–water partition coefficient (Wildman–Crippen LogP) is 6.77. The lowest BCUT2D eigenvalue weighted by Gasteiger charge is -2.39. The molecular weight excluding hydrogens is 460 g/mol. The average molecular weight is 496 g/mol. The first-order valence-corrected chi connectivity index (χ1v) is 13.4. The van der Waals surface area contributed by atoms with Crippen molar-refractivity contribution in [2.45, 2.75) is 95.9 Å². The number of methoxy groups -OCH3 is 1. The molecule has 1 atom stereocenters. The van der Waals surface area contributed by atoms with Crippen LogP contribution in [-0.4, -0.2) is 42.4 Å². The van der Waals surface area contributed by atoms with Crippen molar-refractivity contribution < 1.29 is 28.2 Å². The number of hydrogen-bond donors (Lipinski definition) is 1. The molecule has 0 aliphatic heterocycles. The largest absolute Gasteiger partial charge is 0.477 e. The van der Waals surface area contributed by atoms with Gasteiger partial charge in [-0.3, -0.25) is 4.79 Å². The molecule has 0 saturated heterocycles. The number of nitrogens with zero attached hydrogens (tertiary/aromatic N) is 1. The van der Waals surface area contributed by atoms with E-state index in [2.05, 4.69) is 6.92 Å². The van der Waals surface area contributed by atoms with Crippen molar-refractivity contribution >= 4 is 34.5 Å². The minimum atomic E-state index is -1.46. The third-order valence-electron chi connectivity index (χ3n) is 7.84. The Morgan fingerprint density at radius 2 is 1.76 bits per heavy atom. The van der Waals surface area contributed by atoms with Crippen molar-refractivity contribution in [1.29, 1.82) is 0 Å². The fourth-order valence-corrected chi connectivity index (χ4v) is 6.85. The van der Waals surface area contributed by atoms with Crippen LogP contribution in [0.4, 0.5) is 14.5 Å². The number of carbonyl (C=O) groups is 2. The summed E-state index contributed by atoms with van der Waals surface area (Å²) in [5, 5.41) is 10.0. The van der Waals surface area contributed by atoms with Gasteiger partial charge in [0.25, 0.3) is 0 Å². The molecule has 2 saturated carbocycles. The van der Waals surface area contributed by atoms with Gasteiger partial charge in [0.15, 0.2) is 0 Å². The van der Waals surface area contributed by atoms with Gasteiger partial charge >= 0.3 is 5.97 Å². The van der Waals surface area contributed by atoms with Gasteiger partial charge in [-0.05, 0) is 82.6 Å². The third-order valence-corrected chi connectivity index (χ3v) is 8.98. The minimum Gasteiger partial charge on any atom is -0.477 e. The van der Waals surface area contributed by atoms with Crippen LogP contribution < -0.4 is 4.90 Å². The molecule has 0 radical (unpaired) electrons. The smallest absolute Gasteiger partial charge is 0.348 e. The van der Waals surface area contributed by atoms with Gasteiger partial charge in [-0.25, -0.2) is 13.6 Å². The molecule has 188 valence electrons. The van der Waals surface area contributed by atoms with Gasteiger partial charge in [-0.15, -0.1) is 11.3 Å². The number of amides is 1. The zero-order valence-electron chi connectivity index (χ0n) is 20.0. The Labute approximate surface area is 204 Å². The number of halogens is 2. The summed E-state index contributed by atoms with van der Waals surface area (Å²) >= 11 is 0.887. The third kappa shape index (κ3) is 5.23. The molecule has 4 rings (SSSR count). The first-order valence-electron chi connectivity index (χ1n) is 12.6. The zero-order chi connectivity index (χ0) is 24.4. The number of anilines is 1. The highest BCUT2D eigenvalue weighted by Crippen LogP contribution is 2.44. The van der Waals surface area contributed by atoms with E-state index in [1.807, 2.05) is 0 Å². The van der Waals surface area contributed by atoms with E-state index in [0.29, 0.717) is 30.9 Å². The number of hydrogen-bond acceptors (Lipinski definition) is 4.